The molecular weight excluding hydrogens is 392 g/mol. The van der Waals surface area contributed by atoms with E-state index in [0.717, 1.165) is 21.8 Å². The average Bonchev–Trinajstić information content (AvgIpc) is 3.45. The van der Waals surface area contributed by atoms with Gasteiger partial charge in [0, 0.05) is 25.0 Å². The van der Waals surface area contributed by atoms with Gasteiger partial charge in [0.1, 0.15) is 11.6 Å². The van der Waals surface area contributed by atoms with Gasteiger partial charge in [0.05, 0.1) is 11.5 Å². The van der Waals surface area contributed by atoms with Crippen LogP contribution in [0.2, 0.25) is 0 Å². The van der Waals surface area contributed by atoms with Gasteiger partial charge in [-0.15, -0.1) is 11.3 Å². The van der Waals surface area contributed by atoms with E-state index < -0.39 is 5.97 Å². The largest absolute Gasteiger partial charge is 0.451 e. The summed E-state index contributed by atoms with van der Waals surface area (Å²) in [6.07, 6.45) is 1.53. The highest BCUT2D eigenvalue weighted by atomic mass is 32.1. The molecule has 0 aliphatic heterocycles. The number of ether oxygens (including phenoxy) is 2. The summed E-state index contributed by atoms with van der Waals surface area (Å²) in [5.41, 5.74) is 2.64. The minimum atomic E-state index is -0.745. The summed E-state index contributed by atoms with van der Waals surface area (Å²) in [6, 6.07) is 7.57. The van der Waals surface area contributed by atoms with Crippen LogP contribution in [0.3, 0.4) is 0 Å². The molecule has 0 saturated carbocycles. The predicted molar refractivity (Wildman–Crippen MR) is 107 cm³/mol. The van der Waals surface area contributed by atoms with Crippen molar-refractivity contribution in [3.05, 3.63) is 52.0 Å². The summed E-state index contributed by atoms with van der Waals surface area (Å²) in [6.45, 7) is 4.95. The van der Waals surface area contributed by atoms with Gasteiger partial charge in [-0.25, -0.2) is 4.79 Å². The highest BCUT2D eigenvalue weighted by Crippen LogP contribution is 2.22. The number of thiophene rings is 1. The molecule has 0 bridgehead atoms. The molecule has 0 aliphatic carbocycles. The van der Waals surface area contributed by atoms with Crippen LogP contribution >= 0.6 is 11.3 Å². The molecule has 9 heteroatoms. The second-order valence-electron chi connectivity index (χ2n) is 6.21. The van der Waals surface area contributed by atoms with Crippen LogP contribution in [0.15, 0.2) is 33.7 Å². The second-order valence-corrected chi connectivity index (χ2v) is 7.15. The van der Waals surface area contributed by atoms with Crippen LogP contribution in [0.25, 0.3) is 16.8 Å². The van der Waals surface area contributed by atoms with E-state index >= 15 is 0 Å². The van der Waals surface area contributed by atoms with Gasteiger partial charge in [-0.2, -0.15) is 10.2 Å². The van der Waals surface area contributed by atoms with Crippen LogP contribution in [0, 0.1) is 25.2 Å². The standard InChI is InChI=1S/C20H20N4O4S/c1-13-9-15(14(2)24(13)6-7-26-3)10-16(11-21)20(25)27-12-18-22-19(23-28-18)17-5-4-8-29-17/h4-5,8-10H,6-7,12H2,1-3H3. The van der Waals surface area contributed by atoms with E-state index in [1.807, 2.05) is 43.5 Å². The first-order valence-corrected chi connectivity index (χ1v) is 9.72. The van der Waals surface area contributed by atoms with E-state index in [0.29, 0.717) is 19.0 Å². The SMILES string of the molecule is COCCn1c(C)cc(C=C(C#N)C(=O)OCc2nc(-c3cccs3)no2)c1C. The topological polar surface area (TPSA) is 103 Å². The van der Waals surface area contributed by atoms with E-state index in [-0.39, 0.29) is 18.1 Å². The molecule has 3 heterocycles. The molecule has 8 nitrogen and oxygen atoms in total. The van der Waals surface area contributed by atoms with Gasteiger partial charge >= 0.3 is 5.97 Å². The average molecular weight is 412 g/mol. The van der Waals surface area contributed by atoms with Crippen molar-refractivity contribution >= 4 is 23.4 Å². The lowest BCUT2D eigenvalue weighted by atomic mass is 10.1. The number of carbonyl (C=O) groups excluding carboxylic acids is 1. The molecule has 150 valence electrons. The van der Waals surface area contributed by atoms with Crippen molar-refractivity contribution < 1.29 is 18.8 Å². The first-order valence-electron chi connectivity index (χ1n) is 8.84. The van der Waals surface area contributed by atoms with Crippen molar-refractivity contribution in [1.82, 2.24) is 14.7 Å². The fourth-order valence-corrected chi connectivity index (χ4v) is 3.47. The fraction of sp³-hybridized carbons (Fsp3) is 0.300. The molecule has 0 radical (unpaired) electrons. The van der Waals surface area contributed by atoms with E-state index in [4.69, 9.17) is 14.0 Å². The smallest absolute Gasteiger partial charge is 0.349 e. The molecule has 0 saturated heterocycles. The molecule has 0 unspecified atom stereocenters. The van der Waals surface area contributed by atoms with Crippen LogP contribution < -0.4 is 0 Å². The summed E-state index contributed by atoms with van der Waals surface area (Å²) >= 11 is 1.48. The van der Waals surface area contributed by atoms with E-state index in [2.05, 4.69) is 14.7 Å². The van der Waals surface area contributed by atoms with Crippen molar-refractivity contribution in [1.29, 1.82) is 5.26 Å². The van der Waals surface area contributed by atoms with Crippen LogP contribution in [-0.4, -0.2) is 34.4 Å². The Morgan fingerprint density at radius 3 is 2.97 bits per heavy atom. The first-order chi connectivity index (χ1) is 14.0. The Hall–Kier alpha value is -3.22. The van der Waals surface area contributed by atoms with Crippen molar-refractivity contribution in [3.63, 3.8) is 0 Å². The third kappa shape index (κ3) is 4.80. The number of hydrogen-bond donors (Lipinski definition) is 0. The molecule has 0 spiro atoms. The van der Waals surface area contributed by atoms with Crippen LogP contribution in [-0.2, 0) is 27.4 Å². The lowest BCUT2D eigenvalue weighted by molar-refractivity contribution is -0.140. The monoisotopic (exact) mass is 412 g/mol. The van der Waals surface area contributed by atoms with E-state index in [9.17, 15) is 10.1 Å². The zero-order valence-electron chi connectivity index (χ0n) is 16.3. The van der Waals surface area contributed by atoms with Crippen molar-refractivity contribution in [3.8, 4) is 16.8 Å². The zero-order valence-corrected chi connectivity index (χ0v) is 17.2. The number of nitrogens with zero attached hydrogens (tertiary/aromatic N) is 4. The van der Waals surface area contributed by atoms with Gasteiger partial charge in [-0.1, -0.05) is 11.2 Å². The maximum atomic E-state index is 12.3. The van der Waals surface area contributed by atoms with Crippen molar-refractivity contribution in [2.75, 3.05) is 13.7 Å². The Labute approximate surface area is 172 Å². The van der Waals surface area contributed by atoms with Gasteiger partial charge < -0.3 is 18.6 Å². The Morgan fingerprint density at radius 1 is 1.45 bits per heavy atom. The number of methoxy groups -OCH3 is 1. The summed E-state index contributed by atoms with van der Waals surface area (Å²) in [7, 11) is 1.64. The molecular formula is C20H20N4O4S. The van der Waals surface area contributed by atoms with Crippen molar-refractivity contribution in [2.24, 2.45) is 0 Å². The summed E-state index contributed by atoms with van der Waals surface area (Å²) < 4.78 is 17.5. The Morgan fingerprint density at radius 2 is 2.28 bits per heavy atom. The quantitative estimate of drug-likeness (QED) is 0.317. The van der Waals surface area contributed by atoms with Crippen LogP contribution in [0.5, 0.6) is 0 Å². The number of hydrogen-bond acceptors (Lipinski definition) is 8. The van der Waals surface area contributed by atoms with Gasteiger partial charge in [0.2, 0.25) is 5.82 Å². The molecule has 3 aromatic heterocycles. The Kier molecular flexibility index (Phi) is 6.59. The number of aryl methyl sites for hydroxylation is 1. The van der Waals surface area contributed by atoms with Crippen LogP contribution in [0.1, 0.15) is 22.8 Å². The third-order valence-corrected chi connectivity index (χ3v) is 5.17. The molecule has 0 fully saturated rings. The lowest BCUT2D eigenvalue weighted by Crippen LogP contribution is -2.08. The van der Waals surface area contributed by atoms with Gasteiger partial charge in [-0.05, 0) is 43.0 Å². The fourth-order valence-electron chi connectivity index (χ4n) is 2.82. The number of nitriles is 1. The highest BCUT2D eigenvalue weighted by molar-refractivity contribution is 7.13. The lowest BCUT2D eigenvalue weighted by Gasteiger charge is -2.08. The maximum Gasteiger partial charge on any atom is 0.349 e. The number of esters is 1. The normalized spacial score (nSPS) is 11.4. The minimum absolute atomic E-state index is 0.102. The summed E-state index contributed by atoms with van der Waals surface area (Å²) in [4.78, 5) is 17.4. The summed E-state index contributed by atoms with van der Waals surface area (Å²) in [5.74, 6) is -0.146. The second kappa shape index (κ2) is 9.32. The van der Waals surface area contributed by atoms with Crippen molar-refractivity contribution in [2.45, 2.75) is 27.0 Å². The summed E-state index contributed by atoms with van der Waals surface area (Å²) in [5, 5.41) is 15.2. The van der Waals surface area contributed by atoms with E-state index in [1.54, 1.807) is 7.11 Å². The first kappa shape index (κ1) is 20.5. The van der Waals surface area contributed by atoms with Gasteiger partial charge in [0.15, 0.2) is 6.61 Å². The third-order valence-electron chi connectivity index (χ3n) is 4.31. The molecule has 0 aromatic carbocycles. The molecule has 0 amide bonds. The number of aromatic nitrogens is 3. The Balaban J connectivity index is 1.69. The van der Waals surface area contributed by atoms with Gasteiger partial charge in [-0.3, -0.25) is 0 Å². The number of rotatable bonds is 8. The van der Waals surface area contributed by atoms with E-state index in [1.165, 1.54) is 17.4 Å². The molecule has 3 rings (SSSR count). The minimum Gasteiger partial charge on any atom is -0.451 e. The Bertz CT molecular complexity index is 1060. The molecule has 0 aliphatic rings. The molecule has 0 N–H and O–H groups in total. The van der Waals surface area contributed by atoms with Crippen LogP contribution in [0.4, 0.5) is 0 Å². The molecule has 0 atom stereocenters. The zero-order chi connectivity index (χ0) is 20.8. The van der Waals surface area contributed by atoms with Gasteiger partial charge in [0.25, 0.3) is 5.89 Å². The molecule has 29 heavy (non-hydrogen) atoms. The molecule has 3 aromatic rings. The maximum absolute atomic E-state index is 12.3. The predicted octanol–water partition coefficient (Wildman–Crippen LogP) is 3.51. The highest BCUT2D eigenvalue weighted by Gasteiger charge is 2.16. The number of carbonyl (C=O) groups is 1.